The molecule has 2 atom stereocenters. The lowest BCUT2D eigenvalue weighted by Gasteiger charge is -2.47. The molecule has 0 spiro atoms. The fourth-order valence-corrected chi connectivity index (χ4v) is 5.20. The van der Waals surface area contributed by atoms with Crippen molar-refractivity contribution in [3.63, 3.8) is 0 Å². The van der Waals surface area contributed by atoms with E-state index in [1.165, 1.54) is 42.5 Å². The number of halogens is 6. The Labute approximate surface area is 243 Å². The average molecular weight is 612 g/mol. The van der Waals surface area contributed by atoms with Crippen molar-refractivity contribution < 1.29 is 36.2 Å². The molecule has 43 heavy (non-hydrogen) atoms. The molecule has 1 fully saturated rings. The van der Waals surface area contributed by atoms with Crippen molar-refractivity contribution in [3.05, 3.63) is 60.2 Å². The van der Waals surface area contributed by atoms with E-state index in [0.29, 0.717) is 11.2 Å². The minimum atomic E-state index is -3.53. The Morgan fingerprint density at radius 1 is 1.05 bits per heavy atom. The van der Waals surface area contributed by atoms with Gasteiger partial charge in [-0.3, -0.25) is 0 Å². The molecule has 1 aliphatic rings. The first-order chi connectivity index (χ1) is 20.3. The van der Waals surface area contributed by atoms with Gasteiger partial charge in [-0.05, 0) is 29.3 Å². The molecule has 2 aromatic heterocycles. The monoisotopic (exact) mass is 611 g/mol. The van der Waals surface area contributed by atoms with Crippen LogP contribution < -0.4 is 21.1 Å². The molecular formula is C28H31F6N7O2. The molecule has 1 aliphatic heterocycles. The molecule has 232 valence electrons. The van der Waals surface area contributed by atoms with Crippen molar-refractivity contribution >= 4 is 22.7 Å². The highest BCUT2D eigenvalue weighted by Gasteiger charge is 2.53. The van der Waals surface area contributed by atoms with Crippen LogP contribution in [0.3, 0.4) is 0 Å². The van der Waals surface area contributed by atoms with Gasteiger partial charge in [0.15, 0.2) is 23.0 Å². The lowest BCUT2D eigenvalue weighted by molar-refractivity contribution is -0.102. The third-order valence-electron chi connectivity index (χ3n) is 7.07. The quantitative estimate of drug-likeness (QED) is 0.259. The van der Waals surface area contributed by atoms with Gasteiger partial charge in [-0.1, -0.05) is 19.9 Å². The Morgan fingerprint density at radius 2 is 1.77 bits per heavy atom. The Kier molecular flexibility index (Phi) is 9.06. The van der Waals surface area contributed by atoms with Gasteiger partial charge in [0.2, 0.25) is 0 Å². The summed E-state index contributed by atoms with van der Waals surface area (Å²) in [6.07, 6.45) is -4.44. The summed E-state index contributed by atoms with van der Waals surface area (Å²) in [5.41, 5.74) is 10.6. The van der Waals surface area contributed by atoms with Gasteiger partial charge in [0.1, 0.15) is 23.8 Å². The second-order valence-corrected chi connectivity index (χ2v) is 10.0. The van der Waals surface area contributed by atoms with Crippen molar-refractivity contribution in [1.29, 1.82) is 0 Å². The van der Waals surface area contributed by atoms with Gasteiger partial charge in [0.25, 0.3) is 12.3 Å². The molecule has 0 bridgehead atoms. The summed E-state index contributed by atoms with van der Waals surface area (Å²) in [5.74, 6) is -5.37. The third-order valence-corrected chi connectivity index (χ3v) is 7.07. The van der Waals surface area contributed by atoms with Gasteiger partial charge in [-0.15, -0.1) is 0 Å². The van der Waals surface area contributed by atoms with Crippen LogP contribution in [0.1, 0.15) is 25.8 Å². The second-order valence-electron chi connectivity index (χ2n) is 10.0. The molecule has 5 rings (SSSR count). The molecular weight excluding hydrogens is 580 g/mol. The van der Waals surface area contributed by atoms with E-state index in [1.807, 2.05) is 13.8 Å². The van der Waals surface area contributed by atoms with Gasteiger partial charge in [0.05, 0.1) is 32.1 Å². The summed E-state index contributed by atoms with van der Waals surface area (Å²) in [6.45, 7) is 2.50. The highest BCUT2D eigenvalue weighted by molar-refractivity contribution is 5.81. The molecule has 9 nitrogen and oxygen atoms in total. The van der Waals surface area contributed by atoms with E-state index in [0.717, 1.165) is 17.0 Å². The Morgan fingerprint density at radius 3 is 2.44 bits per heavy atom. The average Bonchev–Trinajstić information content (AvgIpc) is 3.37. The zero-order chi connectivity index (χ0) is 31.7. The molecule has 5 N–H and O–H groups in total. The van der Waals surface area contributed by atoms with Gasteiger partial charge < -0.3 is 30.8 Å². The SMILES string of the molecule is CC.COc1cc(F)c(-c2ccc(N3CC(F)(F)CC(N)(C(O)C(F)F)C3)c(Cn3cnc4c(N)ncnc43)c2)cc1F. The van der Waals surface area contributed by atoms with E-state index in [1.54, 1.807) is 0 Å². The minimum absolute atomic E-state index is 0.0760. The maximum atomic E-state index is 15.0. The number of nitrogens with two attached hydrogens (primary N) is 2. The number of fused-ring (bicyclic) bond motifs is 1. The van der Waals surface area contributed by atoms with Crippen molar-refractivity contribution in [2.45, 2.75) is 50.8 Å². The van der Waals surface area contributed by atoms with E-state index in [2.05, 4.69) is 15.0 Å². The van der Waals surface area contributed by atoms with Crippen molar-refractivity contribution in [2.75, 3.05) is 30.8 Å². The summed E-state index contributed by atoms with van der Waals surface area (Å²) in [5, 5.41) is 10.1. The lowest BCUT2D eigenvalue weighted by atomic mass is 9.82. The number of alkyl halides is 4. The Hall–Kier alpha value is -4.11. The Bertz CT molecular complexity index is 1600. The van der Waals surface area contributed by atoms with E-state index >= 15 is 0 Å². The van der Waals surface area contributed by atoms with Crippen LogP contribution in [0.5, 0.6) is 5.75 Å². The molecule has 2 unspecified atom stereocenters. The molecule has 0 amide bonds. The van der Waals surface area contributed by atoms with Crippen molar-refractivity contribution in [1.82, 2.24) is 19.5 Å². The van der Waals surface area contributed by atoms with Gasteiger partial charge >= 0.3 is 0 Å². The van der Waals surface area contributed by atoms with Gasteiger partial charge in [-0.2, -0.15) is 0 Å². The minimum Gasteiger partial charge on any atom is -0.494 e. The third kappa shape index (κ3) is 6.32. The van der Waals surface area contributed by atoms with Crippen LogP contribution in [-0.4, -0.2) is 68.8 Å². The maximum Gasteiger partial charge on any atom is 0.267 e. The molecule has 3 heterocycles. The number of aromatic nitrogens is 4. The van der Waals surface area contributed by atoms with E-state index < -0.39 is 55.1 Å². The molecule has 0 saturated carbocycles. The number of aliphatic hydroxyl groups excluding tert-OH is 1. The zero-order valence-electron chi connectivity index (χ0n) is 23.5. The first kappa shape index (κ1) is 31.8. The Balaban J connectivity index is 0.00000207. The first-order valence-corrected chi connectivity index (χ1v) is 13.3. The standard InChI is InChI=1S/C26H25F6N7O2.C2H6/c1-41-19-6-16(27)15(5-17(19)28)13-2-3-18(39-9-25(34,21(40)22(29)30)8-26(31,32)10-39)14(4-13)7-38-12-37-20-23(33)35-11-36-24(20)38;1-2/h2-6,11-12,21-22,40H,7-10,34H2,1H3,(H2,33,35,36);1-2H3. The number of methoxy groups -OCH3 is 1. The zero-order valence-corrected chi connectivity index (χ0v) is 23.5. The number of aliphatic hydroxyl groups is 1. The largest absolute Gasteiger partial charge is 0.494 e. The number of hydrogen-bond donors (Lipinski definition) is 3. The number of nitrogens with zero attached hydrogens (tertiary/aromatic N) is 5. The van der Waals surface area contributed by atoms with E-state index in [4.69, 9.17) is 16.2 Å². The molecule has 15 heteroatoms. The molecule has 1 saturated heterocycles. The number of benzene rings is 2. The van der Waals surface area contributed by atoms with Gasteiger partial charge in [0, 0.05) is 30.3 Å². The van der Waals surface area contributed by atoms with Crippen molar-refractivity contribution in [2.24, 2.45) is 5.73 Å². The summed E-state index contributed by atoms with van der Waals surface area (Å²) in [6, 6.07) is 6.02. The predicted molar refractivity (Wildman–Crippen MR) is 149 cm³/mol. The number of hydrogen-bond acceptors (Lipinski definition) is 8. The molecule has 0 aliphatic carbocycles. The fourth-order valence-electron chi connectivity index (χ4n) is 5.20. The molecule has 4 aromatic rings. The number of anilines is 2. The summed E-state index contributed by atoms with van der Waals surface area (Å²) in [4.78, 5) is 13.3. The highest BCUT2D eigenvalue weighted by atomic mass is 19.3. The van der Waals surface area contributed by atoms with Crippen LogP contribution in [-0.2, 0) is 6.54 Å². The van der Waals surface area contributed by atoms with E-state index in [-0.39, 0.29) is 40.4 Å². The molecule has 2 aromatic carbocycles. The number of imidazole rings is 1. The molecule has 0 radical (unpaired) electrons. The van der Waals surface area contributed by atoms with Crippen LogP contribution in [0.2, 0.25) is 0 Å². The van der Waals surface area contributed by atoms with Crippen LogP contribution >= 0.6 is 0 Å². The smallest absolute Gasteiger partial charge is 0.267 e. The van der Waals surface area contributed by atoms with Crippen LogP contribution in [0.15, 0.2) is 43.0 Å². The van der Waals surface area contributed by atoms with Gasteiger partial charge in [-0.25, -0.2) is 41.3 Å². The highest BCUT2D eigenvalue weighted by Crippen LogP contribution is 2.40. The topological polar surface area (TPSA) is 128 Å². The number of piperidine rings is 1. The fraction of sp³-hybridized carbons (Fsp3) is 0.393. The number of rotatable bonds is 7. The summed E-state index contributed by atoms with van der Waals surface area (Å²) in [7, 11) is 1.19. The predicted octanol–water partition coefficient (Wildman–Crippen LogP) is 4.61. The maximum absolute atomic E-state index is 15.0. The lowest BCUT2D eigenvalue weighted by Crippen LogP contribution is -2.68. The second kappa shape index (κ2) is 12.2. The van der Waals surface area contributed by atoms with Crippen LogP contribution in [0.25, 0.3) is 22.3 Å². The van der Waals surface area contributed by atoms with E-state index in [9.17, 15) is 31.4 Å². The number of nitrogen functional groups attached to an aromatic ring is 1. The van der Waals surface area contributed by atoms with Crippen LogP contribution in [0.4, 0.5) is 37.8 Å². The summed E-state index contributed by atoms with van der Waals surface area (Å²) < 4.78 is 92.5. The first-order valence-electron chi connectivity index (χ1n) is 13.3. The summed E-state index contributed by atoms with van der Waals surface area (Å²) >= 11 is 0. The van der Waals surface area contributed by atoms with Crippen molar-refractivity contribution in [3.8, 4) is 16.9 Å². The number of ether oxygens (including phenoxy) is 1. The normalized spacial score (nSPS) is 18.8. The van der Waals surface area contributed by atoms with Crippen LogP contribution in [0, 0.1) is 11.6 Å².